The van der Waals surface area contributed by atoms with Crippen LogP contribution in [0.4, 0.5) is 22.7 Å². The molecule has 2 saturated heterocycles. The van der Waals surface area contributed by atoms with Gasteiger partial charge in [0, 0.05) is 125 Å². The van der Waals surface area contributed by atoms with Crippen LogP contribution >= 0.6 is 0 Å². The van der Waals surface area contributed by atoms with Gasteiger partial charge in [0.15, 0.2) is 28.8 Å². The number of nitrogens with zero attached hydrogens (tertiary/aromatic N) is 7. The number of fused-ring (bicyclic) bond motifs is 4. The molecular formula is C69H87N9O11. The molecule has 6 heterocycles. The maximum Gasteiger partial charge on any atom is 0.260 e. The predicted molar refractivity (Wildman–Crippen MR) is 346 cm³/mol. The summed E-state index contributed by atoms with van der Waals surface area (Å²) in [5.41, 5.74) is 8.39. The van der Waals surface area contributed by atoms with Crippen LogP contribution < -0.4 is 34.5 Å². The van der Waals surface area contributed by atoms with Crippen molar-refractivity contribution in [2.24, 2.45) is 27.7 Å². The Hall–Kier alpha value is -8.65. The summed E-state index contributed by atoms with van der Waals surface area (Å²) in [4.78, 5) is 108. The molecule has 89 heavy (non-hydrogen) atoms. The standard InChI is InChI=1S/C41H44N6O6.C27H39N3O5.CH4/c1-26-16-30-22-42-34-20-38(36(50-3)18-32(34)40(48)46(30)24-26)52-14-5-15-53-39-21-35-33(19-37(39)51-4)41(49)47-25-28(17-31(47)23-43-35)27-6-8-29(9-7-27)45-12-10-44(2)11-13-45;1-17(2)25(22(31)15-19(4)26(34)28-21-12-10-18(3)11-13-21)29-23(32)9-7-6-8-14-30-24(33)16-20(5)27(30)35;/h6-9,18-25,30-31H,5,10-17H2,1-4H3;10-13,17,19-20,25H,6-9,14-16H2,1-5H3,(H,28,34)(H,29,32);1H4/t30-,31-;19-,20?,25?;/m01./s1. The van der Waals surface area contributed by atoms with Crippen molar-refractivity contribution in [1.29, 1.82) is 0 Å². The Morgan fingerprint density at radius 3 is 1.83 bits per heavy atom. The first-order chi connectivity index (χ1) is 42.3. The molecule has 6 aliphatic heterocycles. The number of anilines is 2. The predicted octanol–water partition coefficient (Wildman–Crippen LogP) is 10.4. The lowest BCUT2D eigenvalue weighted by Gasteiger charge is -2.34. The number of piperazine rings is 1. The van der Waals surface area contributed by atoms with E-state index >= 15 is 0 Å². The summed E-state index contributed by atoms with van der Waals surface area (Å²) < 4.78 is 23.5. The van der Waals surface area contributed by atoms with Crippen LogP contribution in [0, 0.1) is 24.7 Å². The number of nitrogens with one attached hydrogen (secondary N) is 2. The highest BCUT2D eigenvalue weighted by atomic mass is 16.5. The number of ketones is 1. The molecule has 20 heteroatoms. The zero-order valence-electron chi connectivity index (χ0n) is 52.1. The molecular weight excluding hydrogens is 1130 g/mol. The van der Waals surface area contributed by atoms with Crippen LogP contribution in [0.1, 0.15) is 132 Å². The maximum atomic E-state index is 13.9. The Kier molecular flexibility index (Phi) is 22.4. The van der Waals surface area contributed by atoms with E-state index in [-0.39, 0.29) is 91.8 Å². The number of likely N-dealkylation sites (tertiary alicyclic amines) is 1. The molecule has 0 spiro atoms. The van der Waals surface area contributed by atoms with Crippen molar-refractivity contribution in [1.82, 2.24) is 24.9 Å². The minimum atomic E-state index is -0.654. The van der Waals surface area contributed by atoms with Crippen LogP contribution in [0.25, 0.3) is 5.57 Å². The van der Waals surface area contributed by atoms with E-state index in [1.807, 2.05) is 76.8 Å². The fourth-order valence-corrected chi connectivity index (χ4v) is 11.6. The summed E-state index contributed by atoms with van der Waals surface area (Å²) in [5, 5.41) is 5.66. The number of carbonyl (C=O) groups excluding carboxylic acids is 7. The molecule has 4 aromatic rings. The summed E-state index contributed by atoms with van der Waals surface area (Å²) in [6.07, 6.45) is 12.1. The minimum absolute atomic E-state index is 0. The summed E-state index contributed by atoms with van der Waals surface area (Å²) in [5.74, 6) is -0.0534. The maximum absolute atomic E-state index is 13.9. The van der Waals surface area contributed by atoms with Crippen molar-refractivity contribution in [2.45, 2.75) is 125 Å². The van der Waals surface area contributed by atoms with Gasteiger partial charge in [-0.2, -0.15) is 0 Å². The number of benzene rings is 4. The zero-order chi connectivity index (χ0) is 62.8. The number of hydrogen-bond donors (Lipinski definition) is 2. The van der Waals surface area contributed by atoms with Gasteiger partial charge in [0.05, 0.1) is 68.1 Å². The first-order valence-corrected chi connectivity index (χ1v) is 30.7. The van der Waals surface area contributed by atoms with Crippen molar-refractivity contribution < 1.29 is 52.5 Å². The van der Waals surface area contributed by atoms with E-state index in [2.05, 4.69) is 56.7 Å². The number of amides is 6. The summed E-state index contributed by atoms with van der Waals surface area (Å²) in [7, 11) is 5.27. The molecule has 5 atom stereocenters. The van der Waals surface area contributed by atoms with Crippen LogP contribution in [-0.2, 0) is 24.0 Å². The lowest BCUT2D eigenvalue weighted by Crippen LogP contribution is -2.45. The van der Waals surface area contributed by atoms with Crippen LogP contribution in [0.3, 0.4) is 0 Å². The highest BCUT2D eigenvalue weighted by molar-refractivity contribution is 6.06. The Morgan fingerprint density at radius 2 is 1.27 bits per heavy atom. The highest BCUT2D eigenvalue weighted by Crippen LogP contribution is 2.42. The summed E-state index contributed by atoms with van der Waals surface area (Å²) >= 11 is 0. The largest absolute Gasteiger partial charge is 0.493 e. The van der Waals surface area contributed by atoms with Gasteiger partial charge < -0.3 is 49.2 Å². The van der Waals surface area contributed by atoms with Gasteiger partial charge in [0.2, 0.25) is 23.6 Å². The normalized spacial score (nSPS) is 19.1. The van der Waals surface area contributed by atoms with Crippen molar-refractivity contribution in [3.05, 3.63) is 113 Å². The van der Waals surface area contributed by atoms with Gasteiger partial charge in [-0.25, -0.2) is 0 Å². The van der Waals surface area contributed by atoms with Crippen LogP contribution in [0.5, 0.6) is 23.0 Å². The Bertz CT molecular complexity index is 3380. The SMILES string of the molecule is C.COc1cc2c(cc1OCCCOc1cc3c(cc1OC)C(=O)N1C=C(c4ccc(N5CCN(C)CC5)cc4)C[C@H]1C=N3)N=C[C@@H]1CC(C)=CN1C2=O.Cc1ccc(NC(=O)[C@H](C)CC(=O)C(NC(=O)CCCCCN2C(=O)CC(C)C2=O)C(C)C)cc1. The molecule has 6 amide bonds. The third-order valence-electron chi connectivity index (χ3n) is 16.9. The van der Waals surface area contributed by atoms with Crippen LogP contribution in [0.2, 0.25) is 0 Å². The van der Waals surface area contributed by atoms with E-state index in [0.29, 0.717) is 103 Å². The fraction of sp³-hybridized carbons (Fsp3) is 0.464. The second kappa shape index (κ2) is 30.0. The molecule has 0 radical (unpaired) electrons. The lowest BCUT2D eigenvalue weighted by atomic mass is 9.92. The number of carbonyl (C=O) groups is 7. The van der Waals surface area contributed by atoms with E-state index in [0.717, 1.165) is 54.9 Å². The van der Waals surface area contributed by atoms with Crippen molar-refractivity contribution in [2.75, 3.05) is 77.4 Å². The molecule has 0 bridgehead atoms. The van der Waals surface area contributed by atoms with Gasteiger partial charge in [0.25, 0.3) is 11.8 Å². The van der Waals surface area contributed by atoms with Crippen molar-refractivity contribution in [3.63, 3.8) is 0 Å². The average Bonchev–Trinajstić information content (AvgIpc) is 1.80. The fourth-order valence-electron chi connectivity index (χ4n) is 11.6. The molecule has 2 unspecified atom stereocenters. The molecule has 0 aliphatic carbocycles. The highest BCUT2D eigenvalue weighted by Gasteiger charge is 2.37. The molecule has 0 aromatic heterocycles. The van der Waals surface area contributed by atoms with E-state index < -0.39 is 12.0 Å². The first kappa shape index (κ1) is 66.3. The number of likely N-dealkylation sites (N-methyl/N-ethyl adjacent to an activating group) is 1. The number of unbranched alkanes of at least 4 members (excludes halogenated alkanes) is 2. The number of aliphatic imine (C=N–C) groups is 2. The molecule has 10 rings (SSSR count). The quantitative estimate of drug-likeness (QED) is 0.0522. The number of ether oxygens (including phenoxy) is 4. The molecule has 0 saturated carbocycles. The van der Waals surface area contributed by atoms with Crippen molar-refractivity contribution in [3.8, 4) is 23.0 Å². The minimum Gasteiger partial charge on any atom is -0.493 e. The second-order valence-corrected chi connectivity index (χ2v) is 24.1. The third kappa shape index (κ3) is 16.2. The molecule has 474 valence electrons. The number of aryl methyl sites for hydroxylation is 1. The number of hydrogen-bond acceptors (Lipinski definition) is 15. The topological polar surface area (TPSA) is 221 Å². The Morgan fingerprint density at radius 1 is 0.685 bits per heavy atom. The molecule has 4 aromatic carbocycles. The zero-order valence-corrected chi connectivity index (χ0v) is 52.1. The number of Topliss-reactive ketones (excluding diaryl/α,β-unsaturated/α-hetero) is 1. The molecule has 2 fully saturated rings. The second-order valence-electron chi connectivity index (χ2n) is 24.1. The van der Waals surface area contributed by atoms with Gasteiger partial charge in [-0.05, 0) is 93.6 Å². The van der Waals surface area contributed by atoms with E-state index in [9.17, 15) is 33.6 Å². The lowest BCUT2D eigenvalue weighted by molar-refractivity contribution is -0.139. The van der Waals surface area contributed by atoms with Crippen LogP contribution in [-0.4, -0.2) is 159 Å². The number of rotatable bonds is 23. The van der Waals surface area contributed by atoms with Gasteiger partial charge in [-0.1, -0.05) is 76.9 Å². The smallest absolute Gasteiger partial charge is 0.260 e. The monoisotopic (exact) mass is 1220 g/mol. The average molecular weight is 1220 g/mol. The third-order valence-corrected chi connectivity index (χ3v) is 16.9. The van der Waals surface area contributed by atoms with E-state index in [1.165, 1.54) is 10.6 Å². The van der Waals surface area contributed by atoms with Gasteiger partial charge in [0.1, 0.15) is 0 Å². The van der Waals surface area contributed by atoms with E-state index in [1.54, 1.807) is 62.1 Å². The summed E-state index contributed by atoms with van der Waals surface area (Å²) in [6, 6.07) is 22.1. The van der Waals surface area contributed by atoms with Crippen molar-refractivity contribution >= 4 is 82.0 Å². The first-order valence-electron chi connectivity index (χ1n) is 30.7. The Balaban J connectivity index is 0.000000249. The van der Waals surface area contributed by atoms with E-state index in [4.69, 9.17) is 23.9 Å². The molecule has 6 aliphatic rings. The van der Waals surface area contributed by atoms with Gasteiger partial charge in [-0.15, -0.1) is 0 Å². The number of imide groups is 1. The number of methoxy groups -OCH3 is 2. The molecule has 2 N–H and O–H groups in total. The van der Waals surface area contributed by atoms with Gasteiger partial charge in [-0.3, -0.25) is 48.4 Å². The van der Waals surface area contributed by atoms with Gasteiger partial charge >= 0.3 is 0 Å². The summed E-state index contributed by atoms with van der Waals surface area (Å²) in [6.45, 7) is 16.4. The Labute approximate surface area is 523 Å². The molecule has 20 nitrogen and oxygen atoms in total. The van der Waals surface area contributed by atoms with Crippen LogP contribution in [0.15, 0.2) is 101 Å².